The van der Waals surface area contributed by atoms with Crippen LogP contribution in [-0.2, 0) is 28.6 Å². The van der Waals surface area contributed by atoms with E-state index >= 15 is 0 Å². The molecule has 0 amide bonds. The van der Waals surface area contributed by atoms with Crippen LogP contribution in [0.1, 0.15) is 46.5 Å². The van der Waals surface area contributed by atoms with Crippen LogP contribution in [-0.4, -0.2) is 31.1 Å². The molecule has 0 unspecified atom stereocenters. The second-order valence-electron chi connectivity index (χ2n) is 5.92. The molecule has 0 aliphatic heterocycles. The van der Waals surface area contributed by atoms with Crippen molar-refractivity contribution >= 4 is 17.9 Å². The maximum Gasteiger partial charge on any atom is 0.338 e. The Morgan fingerprint density at radius 1 is 0.846 bits per heavy atom. The first-order valence-electron chi connectivity index (χ1n) is 8.37. The molecule has 0 saturated heterocycles. The highest BCUT2D eigenvalue weighted by atomic mass is 16.6. The fourth-order valence-corrected chi connectivity index (χ4v) is 1.62. The van der Waals surface area contributed by atoms with E-state index in [2.05, 4.69) is 29.2 Å². The van der Waals surface area contributed by atoms with Gasteiger partial charge in [0.15, 0.2) is 0 Å². The largest absolute Gasteiger partial charge is 0.459 e. The maximum absolute atomic E-state index is 11.0. The van der Waals surface area contributed by atoms with Crippen LogP contribution >= 0.6 is 0 Å². The molecule has 0 fully saturated rings. The normalized spacial score (nSPS) is 12.5. The van der Waals surface area contributed by atoms with Crippen LogP contribution in [0.15, 0.2) is 48.3 Å². The Labute approximate surface area is 155 Å². The molecule has 144 valence electrons. The van der Waals surface area contributed by atoms with E-state index in [9.17, 15) is 14.4 Å². The minimum Gasteiger partial charge on any atom is -0.459 e. The predicted octanol–water partition coefficient (Wildman–Crippen LogP) is 3.79. The average molecular weight is 364 g/mol. The zero-order valence-corrected chi connectivity index (χ0v) is 15.9. The number of ether oxygens (including phenoxy) is 3. The van der Waals surface area contributed by atoms with Gasteiger partial charge in [-0.25, -0.2) is 14.4 Å². The van der Waals surface area contributed by atoms with Crippen molar-refractivity contribution in [2.45, 2.75) is 46.5 Å². The average Bonchev–Trinajstić information content (AvgIpc) is 2.59. The first kappa shape index (κ1) is 23.4. The van der Waals surface area contributed by atoms with Crippen molar-refractivity contribution in [3.63, 3.8) is 0 Å². The van der Waals surface area contributed by atoms with Crippen molar-refractivity contribution < 1.29 is 28.6 Å². The number of carbonyl (C=O) groups is 3. The summed E-state index contributed by atoms with van der Waals surface area (Å²) in [7, 11) is 0. The molecular weight excluding hydrogens is 336 g/mol. The second kappa shape index (κ2) is 12.7. The molecule has 6 heteroatoms. The Hall–Kier alpha value is -2.63. The van der Waals surface area contributed by atoms with Crippen LogP contribution in [0.25, 0.3) is 0 Å². The summed E-state index contributed by atoms with van der Waals surface area (Å²) in [6, 6.07) is 0. The summed E-state index contributed by atoms with van der Waals surface area (Å²) in [6.45, 7) is 15.1. The minimum atomic E-state index is -0.489. The quantitative estimate of drug-likeness (QED) is 0.296. The second-order valence-corrected chi connectivity index (χ2v) is 5.92. The summed E-state index contributed by atoms with van der Waals surface area (Å²) in [4.78, 5) is 32.7. The smallest absolute Gasteiger partial charge is 0.338 e. The van der Waals surface area contributed by atoms with Crippen molar-refractivity contribution in [3.05, 3.63) is 48.3 Å². The molecule has 1 aliphatic carbocycles. The molecular formula is C20H28O6. The fraction of sp³-hybridized carbons (Fsp3) is 0.450. The van der Waals surface area contributed by atoms with E-state index < -0.39 is 11.9 Å². The number of hydrogen-bond donors (Lipinski definition) is 0. The number of carbonyl (C=O) groups excluding carboxylic acids is 3. The summed E-state index contributed by atoms with van der Waals surface area (Å²) in [5.41, 5.74) is 1.09. The van der Waals surface area contributed by atoms with Crippen molar-refractivity contribution in [3.8, 4) is 0 Å². The molecule has 0 aromatic rings. The molecule has 0 aromatic carbocycles. The lowest BCUT2D eigenvalue weighted by Crippen LogP contribution is -2.14. The molecule has 0 atom stereocenters. The standard InChI is InChI=1S/C10H14O4.C10H14O2/c1-7(2)9(11)13-5-6-14-10(12)8(3)4;1-8(2)10(11)12-9-6-4-3-5-7-9/h1,3,5-6H2,2,4H3;6H,1,3-5,7H2,2H3. The van der Waals surface area contributed by atoms with Crippen LogP contribution in [0.5, 0.6) is 0 Å². The van der Waals surface area contributed by atoms with Crippen LogP contribution in [0, 0.1) is 0 Å². The van der Waals surface area contributed by atoms with Crippen LogP contribution in [0.4, 0.5) is 0 Å². The molecule has 0 heterocycles. The molecule has 26 heavy (non-hydrogen) atoms. The van der Waals surface area contributed by atoms with E-state index in [-0.39, 0.29) is 19.2 Å². The molecule has 0 spiro atoms. The van der Waals surface area contributed by atoms with Crippen molar-refractivity contribution in [1.82, 2.24) is 0 Å². The Morgan fingerprint density at radius 2 is 1.31 bits per heavy atom. The van der Waals surface area contributed by atoms with Crippen molar-refractivity contribution in [2.24, 2.45) is 0 Å². The van der Waals surface area contributed by atoms with Gasteiger partial charge in [0.2, 0.25) is 0 Å². The fourth-order valence-electron chi connectivity index (χ4n) is 1.62. The van der Waals surface area contributed by atoms with Gasteiger partial charge in [-0.3, -0.25) is 0 Å². The molecule has 0 radical (unpaired) electrons. The summed E-state index contributed by atoms with van der Waals surface area (Å²) < 4.78 is 14.5. The van der Waals surface area contributed by atoms with E-state index in [1.807, 2.05) is 6.08 Å². The Balaban J connectivity index is 0.000000485. The Morgan fingerprint density at radius 3 is 1.65 bits per heavy atom. The highest BCUT2D eigenvalue weighted by Gasteiger charge is 2.10. The number of esters is 3. The van der Waals surface area contributed by atoms with Gasteiger partial charge in [0.05, 0.1) is 0 Å². The summed E-state index contributed by atoms with van der Waals surface area (Å²) in [5.74, 6) is -0.467. The third-order valence-electron chi connectivity index (χ3n) is 3.07. The lowest BCUT2D eigenvalue weighted by molar-refractivity contribution is -0.147. The third kappa shape index (κ3) is 11.0. The van der Waals surface area contributed by atoms with Crippen LogP contribution in [0.2, 0.25) is 0 Å². The van der Waals surface area contributed by atoms with Gasteiger partial charge in [-0.1, -0.05) is 19.7 Å². The Kier molecular flexibility index (Phi) is 11.4. The lowest BCUT2D eigenvalue weighted by Gasteiger charge is -2.12. The van der Waals surface area contributed by atoms with Gasteiger partial charge in [0.25, 0.3) is 0 Å². The predicted molar refractivity (Wildman–Crippen MR) is 99.0 cm³/mol. The monoisotopic (exact) mass is 364 g/mol. The summed E-state index contributed by atoms with van der Waals surface area (Å²) >= 11 is 0. The highest BCUT2D eigenvalue weighted by molar-refractivity contribution is 5.88. The van der Waals surface area contributed by atoms with Gasteiger partial charge in [-0.15, -0.1) is 0 Å². The number of hydrogen-bond acceptors (Lipinski definition) is 6. The van der Waals surface area contributed by atoms with Gasteiger partial charge < -0.3 is 14.2 Å². The molecule has 0 aromatic heterocycles. The lowest BCUT2D eigenvalue weighted by atomic mass is 10.1. The van der Waals surface area contributed by atoms with Crippen LogP contribution in [0.3, 0.4) is 0 Å². The van der Waals surface area contributed by atoms with Gasteiger partial charge in [0.1, 0.15) is 19.0 Å². The van der Waals surface area contributed by atoms with Crippen molar-refractivity contribution in [2.75, 3.05) is 13.2 Å². The topological polar surface area (TPSA) is 78.9 Å². The Bertz CT molecular complexity index is 569. The maximum atomic E-state index is 11.0. The van der Waals surface area contributed by atoms with E-state index in [1.165, 1.54) is 6.42 Å². The first-order valence-corrected chi connectivity index (χ1v) is 8.37. The summed E-state index contributed by atoms with van der Waals surface area (Å²) in [5, 5.41) is 0. The van der Waals surface area contributed by atoms with Gasteiger partial charge in [-0.05, 0) is 46.1 Å². The SMILES string of the molecule is C=C(C)C(=O)OC1=CCCCC1.C=C(C)C(=O)OCCOC(=O)C(=C)C. The van der Waals surface area contributed by atoms with E-state index in [0.717, 1.165) is 25.0 Å². The first-order chi connectivity index (χ1) is 12.1. The van der Waals surface area contributed by atoms with E-state index in [0.29, 0.717) is 16.7 Å². The highest BCUT2D eigenvalue weighted by Crippen LogP contribution is 2.18. The number of allylic oxidation sites excluding steroid dienone is 2. The van der Waals surface area contributed by atoms with Crippen molar-refractivity contribution in [1.29, 1.82) is 0 Å². The molecule has 6 nitrogen and oxygen atoms in total. The minimum absolute atomic E-state index is 0.0325. The van der Waals surface area contributed by atoms with E-state index in [4.69, 9.17) is 4.74 Å². The molecule has 0 N–H and O–H groups in total. The zero-order chi connectivity index (χ0) is 20.1. The molecule has 1 aliphatic rings. The third-order valence-corrected chi connectivity index (χ3v) is 3.07. The van der Waals surface area contributed by atoms with Gasteiger partial charge in [0, 0.05) is 23.1 Å². The molecule has 0 saturated carbocycles. The van der Waals surface area contributed by atoms with Gasteiger partial charge in [-0.2, -0.15) is 0 Å². The zero-order valence-electron chi connectivity index (χ0n) is 15.9. The molecule has 0 bridgehead atoms. The van der Waals surface area contributed by atoms with E-state index in [1.54, 1.807) is 20.8 Å². The van der Waals surface area contributed by atoms with Gasteiger partial charge >= 0.3 is 17.9 Å². The summed E-state index contributed by atoms with van der Waals surface area (Å²) in [6.07, 6.45) is 6.23. The number of rotatable bonds is 7. The molecule has 1 rings (SSSR count). The van der Waals surface area contributed by atoms with Crippen LogP contribution < -0.4 is 0 Å².